The topological polar surface area (TPSA) is 57.4 Å². The maximum Gasteiger partial charge on any atom is 0.248 e. The van der Waals surface area contributed by atoms with Crippen molar-refractivity contribution in [1.29, 1.82) is 0 Å². The van der Waals surface area contributed by atoms with Gasteiger partial charge in [-0.25, -0.2) is 0 Å². The van der Waals surface area contributed by atoms with Crippen molar-refractivity contribution in [3.63, 3.8) is 0 Å². The maximum absolute atomic E-state index is 5.90. The van der Waals surface area contributed by atoms with Gasteiger partial charge in [0.2, 0.25) is 11.8 Å². The number of aryl methyl sites for hydroxylation is 1. The SMILES string of the molecule is COc1cc(-c2nnc(-c3cccc(C)c3)o2)ccc1OCc1ccccc1. The molecule has 28 heavy (non-hydrogen) atoms. The third-order valence-electron chi connectivity index (χ3n) is 4.34. The number of ether oxygens (including phenoxy) is 2. The summed E-state index contributed by atoms with van der Waals surface area (Å²) in [5.74, 6) is 2.20. The van der Waals surface area contributed by atoms with E-state index in [1.54, 1.807) is 7.11 Å². The number of benzene rings is 3. The Balaban J connectivity index is 1.56. The largest absolute Gasteiger partial charge is 0.493 e. The third-order valence-corrected chi connectivity index (χ3v) is 4.34. The number of aromatic nitrogens is 2. The van der Waals surface area contributed by atoms with Gasteiger partial charge in [0, 0.05) is 11.1 Å². The first-order valence-electron chi connectivity index (χ1n) is 8.98. The summed E-state index contributed by atoms with van der Waals surface area (Å²) in [6.07, 6.45) is 0. The molecular weight excluding hydrogens is 352 g/mol. The predicted octanol–water partition coefficient (Wildman–Crippen LogP) is 5.30. The minimum atomic E-state index is 0.435. The molecule has 5 heteroatoms. The normalized spacial score (nSPS) is 10.6. The zero-order valence-electron chi connectivity index (χ0n) is 15.8. The van der Waals surface area contributed by atoms with E-state index in [2.05, 4.69) is 10.2 Å². The van der Waals surface area contributed by atoms with Crippen molar-refractivity contribution in [2.75, 3.05) is 7.11 Å². The van der Waals surface area contributed by atoms with Crippen molar-refractivity contribution in [2.24, 2.45) is 0 Å². The fourth-order valence-electron chi connectivity index (χ4n) is 2.89. The minimum Gasteiger partial charge on any atom is -0.493 e. The number of rotatable bonds is 6. The van der Waals surface area contributed by atoms with Crippen LogP contribution in [0.3, 0.4) is 0 Å². The molecule has 1 heterocycles. The molecule has 0 aliphatic heterocycles. The second-order valence-electron chi connectivity index (χ2n) is 6.42. The van der Waals surface area contributed by atoms with Crippen molar-refractivity contribution >= 4 is 0 Å². The summed E-state index contributed by atoms with van der Waals surface area (Å²) < 4.78 is 17.3. The lowest BCUT2D eigenvalue weighted by atomic mass is 10.1. The highest BCUT2D eigenvalue weighted by Crippen LogP contribution is 2.33. The van der Waals surface area contributed by atoms with Crippen LogP contribution in [0.4, 0.5) is 0 Å². The van der Waals surface area contributed by atoms with Crippen molar-refractivity contribution in [3.8, 4) is 34.4 Å². The summed E-state index contributed by atoms with van der Waals surface area (Å²) in [5.41, 5.74) is 3.90. The van der Waals surface area contributed by atoms with E-state index in [1.807, 2.05) is 79.7 Å². The number of nitrogens with zero attached hydrogens (tertiary/aromatic N) is 2. The van der Waals surface area contributed by atoms with Crippen LogP contribution in [-0.2, 0) is 6.61 Å². The Morgan fingerprint density at radius 1 is 0.786 bits per heavy atom. The van der Waals surface area contributed by atoms with Crippen LogP contribution in [0.15, 0.2) is 77.2 Å². The maximum atomic E-state index is 5.90. The van der Waals surface area contributed by atoms with Gasteiger partial charge in [-0.3, -0.25) is 0 Å². The Kier molecular flexibility index (Phi) is 5.06. The van der Waals surface area contributed by atoms with Crippen molar-refractivity contribution in [1.82, 2.24) is 10.2 Å². The molecule has 5 nitrogen and oxygen atoms in total. The van der Waals surface area contributed by atoms with Crippen molar-refractivity contribution in [2.45, 2.75) is 13.5 Å². The van der Waals surface area contributed by atoms with Crippen LogP contribution >= 0.6 is 0 Å². The van der Waals surface area contributed by atoms with Crippen LogP contribution < -0.4 is 9.47 Å². The number of hydrogen-bond acceptors (Lipinski definition) is 5. The Hall–Kier alpha value is -3.60. The molecule has 0 aliphatic rings. The molecule has 0 saturated carbocycles. The average Bonchev–Trinajstić information content (AvgIpc) is 3.23. The lowest BCUT2D eigenvalue weighted by Crippen LogP contribution is -1.97. The summed E-state index contributed by atoms with van der Waals surface area (Å²) in [7, 11) is 1.61. The van der Waals surface area contributed by atoms with Crippen LogP contribution in [0.1, 0.15) is 11.1 Å². The highest BCUT2D eigenvalue weighted by atomic mass is 16.5. The van der Waals surface area contributed by atoms with E-state index >= 15 is 0 Å². The van der Waals surface area contributed by atoms with Gasteiger partial charge in [0.25, 0.3) is 0 Å². The number of hydrogen-bond donors (Lipinski definition) is 0. The van der Waals surface area contributed by atoms with Crippen molar-refractivity contribution < 1.29 is 13.9 Å². The van der Waals surface area contributed by atoms with Gasteiger partial charge in [-0.05, 0) is 42.8 Å². The average molecular weight is 372 g/mol. The minimum absolute atomic E-state index is 0.435. The molecular formula is C23H20N2O3. The number of methoxy groups -OCH3 is 1. The molecule has 0 saturated heterocycles. The molecule has 0 fully saturated rings. The summed E-state index contributed by atoms with van der Waals surface area (Å²) in [4.78, 5) is 0. The molecule has 0 unspecified atom stereocenters. The molecule has 1 aromatic heterocycles. The zero-order chi connectivity index (χ0) is 19.3. The van der Waals surface area contributed by atoms with Gasteiger partial charge in [-0.2, -0.15) is 0 Å². The Bertz CT molecular complexity index is 1070. The summed E-state index contributed by atoms with van der Waals surface area (Å²) >= 11 is 0. The zero-order valence-corrected chi connectivity index (χ0v) is 15.8. The van der Waals surface area contributed by atoms with Gasteiger partial charge >= 0.3 is 0 Å². The van der Waals surface area contributed by atoms with Gasteiger partial charge in [-0.15, -0.1) is 10.2 Å². The Labute approximate surface area is 163 Å². The van der Waals surface area contributed by atoms with Crippen molar-refractivity contribution in [3.05, 3.63) is 83.9 Å². The van der Waals surface area contributed by atoms with Gasteiger partial charge in [0.1, 0.15) is 6.61 Å². The van der Waals surface area contributed by atoms with Crippen LogP contribution in [0, 0.1) is 6.92 Å². The molecule has 4 rings (SSSR count). The monoisotopic (exact) mass is 372 g/mol. The molecule has 0 spiro atoms. The highest BCUT2D eigenvalue weighted by Gasteiger charge is 2.14. The van der Waals surface area contributed by atoms with E-state index in [0.717, 1.165) is 22.3 Å². The quantitative estimate of drug-likeness (QED) is 0.460. The first-order chi connectivity index (χ1) is 13.7. The van der Waals surface area contributed by atoms with Gasteiger partial charge < -0.3 is 13.9 Å². The molecule has 0 atom stereocenters. The molecule has 4 aromatic rings. The summed E-state index contributed by atoms with van der Waals surface area (Å²) in [6.45, 7) is 2.49. The Morgan fingerprint density at radius 2 is 1.54 bits per heavy atom. The summed E-state index contributed by atoms with van der Waals surface area (Å²) in [5, 5.41) is 8.35. The Morgan fingerprint density at radius 3 is 2.25 bits per heavy atom. The molecule has 3 aromatic carbocycles. The lowest BCUT2D eigenvalue weighted by molar-refractivity contribution is 0.284. The molecule has 0 radical (unpaired) electrons. The van der Waals surface area contributed by atoms with Crippen LogP contribution in [0.25, 0.3) is 22.9 Å². The first kappa shape index (κ1) is 17.8. The second-order valence-corrected chi connectivity index (χ2v) is 6.42. The van der Waals surface area contributed by atoms with E-state index < -0.39 is 0 Å². The van der Waals surface area contributed by atoms with Gasteiger partial charge in [-0.1, -0.05) is 48.0 Å². The van der Waals surface area contributed by atoms with Gasteiger partial charge in [0.05, 0.1) is 7.11 Å². The fourth-order valence-corrected chi connectivity index (χ4v) is 2.89. The third kappa shape index (κ3) is 3.88. The first-order valence-corrected chi connectivity index (χ1v) is 8.98. The van der Waals surface area contributed by atoms with E-state index in [1.165, 1.54) is 0 Å². The second kappa shape index (κ2) is 7.96. The van der Waals surface area contributed by atoms with E-state index in [4.69, 9.17) is 13.9 Å². The molecule has 0 N–H and O–H groups in total. The van der Waals surface area contributed by atoms with Crippen LogP contribution in [-0.4, -0.2) is 17.3 Å². The van der Waals surface area contributed by atoms with E-state index in [0.29, 0.717) is 29.9 Å². The molecule has 0 aliphatic carbocycles. The van der Waals surface area contributed by atoms with Crippen LogP contribution in [0.2, 0.25) is 0 Å². The van der Waals surface area contributed by atoms with E-state index in [-0.39, 0.29) is 0 Å². The molecule has 140 valence electrons. The highest BCUT2D eigenvalue weighted by molar-refractivity contribution is 5.62. The lowest BCUT2D eigenvalue weighted by Gasteiger charge is -2.11. The van der Waals surface area contributed by atoms with Gasteiger partial charge in [0.15, 0.2) is 11.5 Å². The standard InChI is InChI=1S/C23H20N2O3/c1-16-7-6-10-18(13-16)22-24-25-23(28-22)19-11-12-20(21(14-19)26-2)27-15-17-8-4-3-5-9-17/h3-14H,15H2,1-2H3. The fraction of sp³-hybridized carbons (Fsp3) is 0.130. The smallest absolute Gasteiger partial charge is 0.248 e. The van der Waals surface area contributed by atoms with E-state index in [9.17, 15) is 0 Å². The predicted molar refractivity (Wildman–Crippen MR) is 107 cm³/mol. The molecule has 0 amide bonds. The van der Waals surface area contributed by atoms with Crippen LogP contribution in [0.5, 0.6) is 11.5 Å². The molecule has 0 bridgehead atoms. The summed E-state index contributed by atoms with van der Waals surface area (Å²) in [6, 6.07) is 23.5.